The molecular weight excluding hydrogens is 566 g/mol. The van der Waals surface area contributed by atoms with Crippen molar-refractivity contribution < 1.29 is 28.6 Å². The van der Waals surface area contributed by atoms with Crippen molar-refractivity contribution in [3.63, 3.8) is 0 Å². The molecule has 256 valence electrons. The minimum atomic E-state index is -0.354. The molecule has 0 aromatic carbocycles. The van der Waals surface area contributed by atoms with Gasteiger partial charge in [-0.3, -0.25) is 14.4 Å². The van der Waals surface area contributed by atoms with Crippen LogP contribution in [0.2, 0.25) is 0 Å². The van der Waals surface area contributed by atoms with Gasteiger partial charge in [0.05, 0.1) is 11.3 Å². The SMILES string of the molecule is CCCCC/C=C\C/C=C\CCCCCCCC(=O)OCC(COC(=O)CCCN(C)C)COC(=O)C12C[C@@H]3CC1C[C@@H](C3)C2. The van der Waals surface area contributed by atoms with E-state index in [9.17, 15) is 14.4 Å². The van der Waals surface area contributed by atoms with Crippen molar-refractivity contribution in [3.8, 4) is 0 Å². The Bertz CT molecular complexity index is 929. The smallest absolute Gasteiger partial charge is 0.312 e. The fraction of sp³-hybridized carbons (Fsp3) is 0.816. The van der Waals surface area contributed by atoms with Crippen molar-refractivity contribution in [2.24, 2.45) is 29.1 Å². The number of carbonyl (C=O) groups is 3. The number of carbonyl (C=O) groups excluding carboxylic acids is 3. The Hall–Kier alpha value is -2.15. The third kappa shape index (κ3) is 13.6. The lowest BCUT2D eigenvalue weighted by Crippen LogP contribution is -2.36. The Labute approximate surface area is 273 Å². The molecule has 7 heteroatoms. The second-order valence-corrected chi connectivity index (χ2v) is 14.4. The molecular formula is C38H63NO6. The molecule has 4 aliphatic carbocycles. The van der Waals surface area contributed by atoms with Crippen LogP contribution in [0, 0.1) is 29.1 Å². The average molecular weight is 630 g/mol. The lowest BCUT2D eigenvalue weighted by atomic mass is 9.75. The molecule has 0 radical (unpaired) electrons. The summed E-state index contributed by atoms with van der Waals surface area (Å²) in [6.07, 6.45) is 28.6. The van der Waals surface area contributed by atoms with Crippen LogP contribution in [-0.2, 0) is 28.6 Å². The van der Waals surface area contributed by atoms with Crippen LogP contribution in [0.4, 0.5) is 0 Å². The van der Waals surface area contributed by atoms with Crippen LogP contribution in [0.5, 0.6) is 0 Å². The minimum Gasteiger partial charge on any atom is -0.465 e. The zero-order chi connectivity index (χ0) is 32.3. The number of hydrogen-bond donors (Lipinski definition) is 0. The molecule has 4 rings (SSSR count). The van der Waals surface area contributed by atoms with Crippen LogP contribution in [0.1, 0.15) is 129 Å². The largest absolute Gasteiger partial charge is 0.465 e. The molecule has 4 aliphatic rings. The maximum absolute atomic E-state index is 13.3. The maximum atomic E-state index is 13.3. The van der Waals surface area contributed by atoms with Gasteiger partial charge in [0.2, 0.25) is 0 Å². The topological polar surface area (TPSA) is 82.1 Å². The predicted octanol–water partition coefficient (Wildman–Crippen LogP) is 8.21. The maximum Gasteiger partial charge on any atom is 0.312 e. The molecule has 0 amide bonds. The number of unbranched alkanes of at least 4 members (excludes halogenated alkanes) is 8. The van der Waals surface area contributed by atoms with E-state index < -0.39 is 0 Å². The number of rotatable bonds is 25. The summed E-state index contributed by atoms with van der Waals surface area (Å²) in [6.45, 7) is 3.35. The highest BCUT2D eigenvalue weighted by Gasteiger charge is 2.62. The first-order chi connectivity index (χ1) is 21.8. The van der Waals surface area contributed by atoms with Gasteiger partial charge in [0, 0.05) is 12.8 Å². The summed E-state index contributed by atoms with van der Waals surface area (Å²) >= 11 is 0. The van der Waals surface area contributed by atoms with E-state index in [0.717, 1.165) is 70.8 Å². The van der Waals surface area contributed by atoms with Crippen LogP contribution in [0.25, 0.3) is 0 Å². The molecule has 3 unspecified atom stereocenters. The first kappa shape index (κ1) is 37.3. The van der Waals surface area contributed by atoms with Crippen molar-refractivity contribution in [2.45, 2.75) is 129 Å². The number of hydrogen-bond acceptors (Lipinski definition) is 7. The lowest BCUT2D eigenvalue weighted by Gasteiger charge is -2.31. The second kappa shape index (κ2) is 20.9. The molecule has 0 aliphatic heterocycles. The van der Waals surface area contributed by atoms with Crippen LogP contribution in [0.15, 0.2) is 24.3 Å². The van der Waals surface area contributed by atoms with Gasteiger partial charge in [0.25, 0.3) is 0 Å². The Balaban J connectivity index is 1.29. The molecule has 7 nitrogen and oxygen atoms in total. The van der Waals surface area contributed by atoms with Crippen molar-refractivity contribution in [1.82, 2.24) is 4.90 Å². The summed E-state index contributed by atoms with van der Waals surface area (Å²) in [7, 11) is 3.95. The molecule has 0 aromatic heterocycles. The minimum absolute atomic E-state index is 0.0871. The molecule has 4 saturated carbocycles. The molecule has 5 atom stereocenters. The van der Waals surface area contributed by atoms with Crippen molar-refractivity contribution in [3.05, 3.63) is 24.3 Å². The summed E-state index contributed by atoms with van der Waals surface area (Å²) in [5.41, 5.74) is -0.307. The van der Waals surface area contributed by atoms with Gasteiger partial charge in [0.15, 0.2) is 0 Å². The van der Waals surface area contributed by atoms with Gasteiger partial charge < -0.3 is 19.1 Å². The van der Waals surface area contributed by atoms with E-state index in [0.29, 0.717) is 30.6 Å². The monoisotopic (exact) mass is 629 g/mol. The summed E-state index contributed by atoms with van der Waals surface area (Å²) in [5, 5.41) is 0. The van der Waals surface area contributed by atoms with Gasteiger partial charge >= 0.3 is 17.9 Å². The van der Waals surface area contributed by atoms with Gasteiger partial charge in [-0.2, -0.15) is 0 Å². The van der Waals surface area contributed by atoms with Crippen molar-refractivity contribution >= 4 is 17.9 Å². The van der Waals surface area contributed by atoms with E-state index in [2.05, 4.69) is 31.2 Å². The van der Waals surface area contributed by atoms with E-state index in [1.54, 1.807) is 0 Å². The standard InChI is InChI=1S/C38H63NO6/c1-4-5-6-7-8-9-10-11-12-13-14-15-16-17-18-20-35(40)43-28-33(29-44-36(41)21-19-22-39(2)3)30-45-37(42)38-26-31-23-32(27-38)25-34(38)24-31/h8-9,11-12,31-34H,4-7,10,13-30H2,1-3H3/b9-8-,12-11-/t31-,32+,33?,34?,38?. The number of allylic oxidation sites excluding steroid dienone is 4. The Morgan fingerprint density at radius 3 is 1.89 bits per heavy atom. The number of nitrogens with zero attached hydrogens (tertiary/aromatic N) is 1. The fourth-order valence-corrected chi connectivity index (χ4v) is 7.80. The van der Waals surface area contributed by atoms with Gasteiger partial charge in [0.1, 0.15) is 19.8 Å². The first-order valence-electron chi connectivity index (χ1n) is 18.3. The normalized spacial score (nSPS) is 24.2. The van der Waals surface area contributed by atoms with E-state index >= 15 is 0 Å². The Morgan fingerprint density at radius 1 is 0.711 bits per heavy atom. The van der Waals surface area contributed by atoms with E-state index in [4.69, 9.17) is 14.2 Å². The molecule has 0 spiro atoms. The van der Waals surface area contributed by atoms with Crippen LogP contribution in [0.3, 0.4) is 0 Å². The average Bonchev–Trinajstić information content (AvgIpc) is 3.42. The molecule has 0 saturated heterocycles. The summed E-state index contributed by atoms with van der Waals surface area (Å²) < 4.78 is 17.0. The van der Waals surface area contributed by atoms with Gasteiger partial charge in [-0.1, -0.05) is 63.3 Å². The third-order valence-corrected chi connectivity index (χ3v) is 10.1. The molecule has 0 aromatic rings. The molecule has 4 bridgehead atoms. The molecule has 0 N–H and O–H groups in total. The zero-order valence-corrected chi connectivity index (χ0v) is 28.8. The van der Waals surface area contributed by atoms with Gasteiger partial charge in [-0.05, 0) is 115 Å². The van der Waals surface area contributed by atoms with Crippen molar-refractivity contribution in [2.75, 3.05) is 40.5 Å². The molecule has 4 fully saturated rings. The van der Waals surface area contributed by atoms with E-state index in [1.165, 1.54) is 44.9 Å². The Kier molecular flexibility index (Phi) is 17.3. The fourth-order valence-electron chi connectivity index (χ4n) is 7.80. The van der Waals surface area contributed by atoms with E-state index in [-0.39, 0.29) is 49.1 Å². The van der Waals surface area contributed by atoms with Crippen molar-refractivity contribution in [1.29, 1.82) is 0 Å². The summed E-state index contributed by atoms with van der Waals surface area (Å²) in [5.74, 6) is 0.856. The summed E-state index contributed by atoms with van der Waals surface area (Å²) in [6, 6.07) is 0. The van der Waals surface area contributed by atoms with Crippen LogP contribution < -0.4 is 0 Å². The number of esters is 3. The number of ether oxygens (including phenoxy) is 3. The Morgan fingerprint density at radius 2 is 1.27 bits per heavy atom. The quantitative estimate of drug-likeness (QED) is 0.0436. The van der Waals surface area contributed by atoms with Gasteiger partial charge in [-0.25, -0.2) is 0 Å². The summed E-state index contributed by atoms with van der Waals surface area (Å²) in [4.78, 5) is 40.2. The third-order valence-electron chi connectivity index (χ3n) is 10.1. The van der Waals surface area contributed by atoms with Gasteiger partial charge in [-0.15, -0.1) is 0 Å². The molecule has 45 heavy (non-hydrogen) atoms. The highest BCUT2D eigenvalue weighted by atomic mass is 16.6. The zero-order valence-electron chi connectivity index (χ0n) is 28.8. The highest BCUT2D eigenvalue weighted by Crippen LogP contribution is 2.65. The van der Waals surface area contributed by atoms with E-state index in [1.807, 2.05) is 19.0 Å². The highest BCUT2D eigenvalue weighted by molar-refractivity contribution is 5.78. The van der Waals surface area contributed by atoms with Crippen LogP contribution >= 0.6 is 0 Å². The predicted molar refractivity (Wildman–Crippen MR) is 180 cm³/mol. The lowest BCUT2D eigenvalue weighted by molar-refractivity contribution is -0.162. The second-order valence-electron chi connectivity index (χ2n) is 14.4. The molecule has 0 heterocycles. The first-order valence-corrected chi connectivity index (χ1v) is 18.3. The van der Waals surface area contributed by atoms with Crippen LogP contribution in [-0.4, -0.2) is 63.3 Å².